The smallest absolute Gasteiger partial charge is 0.308 e. The van der Waals surface area contributed by atoms with Gasteiger partial charge >= 0.3 is 5.97 Å². The number of carbonyl (C=O) groups is 2. The van der Waals surface area contributed by atoms with Crippen LogP contribution < -0.4 is 0 Å². The molecule has 2 atom stereocenters. The first kappa shape index (κ1) is 14.5. The van der Waals surface area contributed by atoms with E-state index in [-0.39, 0.29) is 18.9 Å². The maximum atomic E-state index is 13.0. The molecule has 2 rings (SSSR count). The van der Waals surface area contributed by atoms with Crippen LogP contribution in [0.25, 0.3) is 0 Å². The Balaban J connectivity index is 1.93. The number of amides is 1. The molecule has 0 aliphatic carbocycles. The van der Waals surface area contributed by atoms with Crippen LogP contribution in [-0.2, 0) is 9.59 Å². The van der Waals surface area contributed by atoms with Gasteiger partial charge in [-0.25, -0.2) is 4.39 Å². The number of halogens is 1. The van der Waals surface area contributed by atoms with E-state index in [0.29, 0.717) is 18.5 Å². The number of rotatable bonds is 4. The molecular weight excluding hydrogens is 265 g/mol. The Labute approximate surface area is 115 Å². The Morgan fingerprint density at radius 2 is 2.20 bits per heavy atom. The van der Waals surface area contributed by atoms with E-state index < -0.39 is 23.8 Å². The fraction of sp³-hybridized carbons (Fsp3) is 0.429. The molecule has 20 heavy (non-hydrogen) atoms. The topological polar surface area (TPSA) is 77.8 Å². The van der Waals surface area contributed by atoms with Gasteiger partial charge in [-0.05, 0) is 24.1 Å². The van der Waals surface area contributed by atoms with Crippen LogP contribution in [0.5, 0.6) is 0 Å². The third-order valence-corrected chi connectivity index (χ3v) is 3.49. The summed E-state index contributed by atoms with van der Waals surface area (Å²) in [6.07, 6.45) is -0.825. The summed E-state index contributed by atoms with van der Waals surface area (Å²) in [5.41, 5.74) is 0.340. The summed E-state index contributed by atoms with van der Waals surface area (Å²) in [7, 11) is 0. The van der Waals surface area contributed by atoms with E-state index >= 15 is 0 Å². The van der Waals surface area contributed by atoms with E-state index in [0.717, 1.165) is 0 Å². The van der Waals surface area contributed by atoms with Gasteiger partial charge in [0, 0.05) is 13.1 Å². The zero-order chi connectivity index (χ0) is 14.7. The number of carboxylic acid groups (broad SMARTS) is 1. The van der Waals surface area contributed by atoms with Gasteiger partial charge < -0.3 is 15.1 Å². The highest BCUT2D eigenvalue weighted by Gasteiger charge is 2.31. The lowest BCUT2D eigenvalue weighted by Crippen LogP contribution is -2.31. The molecule has 1 heterocycles. The fourth-order valence-electron chi connectivity index (χ4n) is 2.31. The number of nitrogens with zero attached hydrogens (tertiary/aromatic N) is 1. The molecule has 2 N–H and O–H groups in total. The molecule has 5 nitrogen and oxygen atoms in total. The van der Waals surface area contributed by atoms with Crippen molar-refractivity contribution in [1.29, 1.82) is 0 Å². The van der Waals surface area contributed by atoms with E-state index in [9.17, 15) is 19.1 Å². The van der Waals surface area contributed by atoms with Gasteiger partial charge in [-0.1, -0.05) is 12.1 Å². The molecule has 1 fully saturated rings. The number of aliphatic hydroxyl groups excluding tert-OH is 1. The highest BCUT2D eigenvalue weighted by molar-refractivity contribution is 5.79. The average Bonchev–Trinajstić information content (AvgIpc) is 2.88. The lowest BCUT2D eigenvalue weighted by molar-refractivity contribution is -0.141. The minimum atomic E-state index is -1.08. The highest BCUT2D eigenvalue weighted by atomic mass is 19.1. The summed E-state index contributed by atoms with van der Waals surface area (Å²) in [5, 5.41) is 18.8. The Kier molecular flexibility index (Phi) is 4.34. The van der Waals surface area contributed by atoms with Crippen molar-refractivity contribution in [1.82, 2.24) is 4.90 Å². The summed E-state index contributed by atoms with van der Waals surface area (Å²) in [6, 6.07) is 5.46. The van der Waals surface area contributed by atoms with Crippen molar-refractivity contribution >= 4 is 11.9 Å². The van der Waals surface area contributed by atoms with Crippen molar-refractivity contribution in [3.63, 3.8) is 0 Å². The van der Waals surface area contributed by atoms with Gasteiger partial charge in [-0.3, -0.25) is 9.59 Å². The molecule has 0 spiro atoms. The van der Waals surface area contributed by atoms with Crippen molar-refractivity contribution in [3.05, 3.63) is 35.6 Å². The van der Waals surface area contributed by atoms with Crippen LogP contribution in [0.15, 0.2) is 24.3 Å². The summed E-state index contributed by atoms with van der Waals surface area (Å²) in [5.74, 6) is -2.23. The molecule has 0 bridgehead atoms. The van der Waals surface area contributed by atoms with Crippen molar-refractivity contribution in [3.8, 4) is 0 Å². The average molecular weight is 281 g/mol. The van der Waals surface area contributed by atoms with Crippen molar-refractivity contribution in [2.75, 3.05) is 13.1 Å². The Bertz CT molecular complexity index is 520. The quantitative estimate of drug-likeness (QED) is 0.868. The van der Waals surface area contributed by atoms with Crippen LogP contribution in [0.2, 0.25) is 0 Å². The van der Waals surface area contributed by atoms with E-state index in [1.165, 1.54) is 23.1 Å². The first-order valence-electron chi connectivity index (χ1n) is 6.41. The largest absolute Gasteiger partial charge is 0.481 e. The molecule has 1 aromatic carbocycles. The Morgan fingerprint density at radius 1 is 1.45 bits per heavy atom. The van der Waals surface area contributed by atoms with Crippen LogP contribution in [0.1, 0.15) is 24.5 Å². The lowest BCUT2D eigenvalue weighted by Gasteiger charge is -2.18. The molecule has 1 aliphatic rings. The summed E-state index contributed by atoms with van der Waals surface area (Å²) >= 11 is 0. The molecule has 0 radical (unpaired) electrons. The van der Waals surface area contributed by atoms with E-state index in [1.54, 1.807) is 6.07 Å². The standard InChI is InChI=1S/C14H16FNO4/c15-11-3-1-2-9(6-11)12(17)7-13(18)16-5-4-10(8-16)14(19)20/h1-3,6,10,12,17H,4-5,7-8H2,(H,19,20). The van der Waals surface area contributed by atoms with Gasteiger partial charge in [0.25, 0.3) is 0 Å². The van der Waals surface area contributed by atoms with Gasteiger partial charge in [0.05, 0.1) is 18.4 Å². The maximum Gasteiger partial charge on any atom is 0.308 e. The number of carbonyl (C=O) groups excluding carboxylic acids is 1. The third kappa shape index (κ3) is 3.33. The number of aliphatic carboxylic acids is 1. The molecule has 1 aromatic rings. The molecule has 108 valence electrons. The normalized spacial score (nSPS) is 19.9. The highest BCUT2D eigenvalue weighted by Crippen LogP contribution is 2.22. The minimum Gasteiger partial charge on any atom is -0.481 e. The zero-order valence-corrected chi connectivity index (χ0v) is 10.8. The molecular formula is C14H16FNO4. The van der Waals surface area contributed by atoms with Crippen LogP contribution >= 0.6 is 0 Å². The second-order valence-corrected chi connectivity index (χ2v) is 4.94. The number of aliphatic hydroxyl groups is 1. The number of hydrogen-bond acceptors (Lipinski definition) is 3. The van der Waals surface area contributed by atoms with Crippen molar-refractivity contribution in [2.45, 2.75) is 18.9 Å². The first-order valence-corrected chi connectivity index (χ1v) is 6.41. The third-order valence-electron chi connectivity index (χ3n) is 3.49. The number of hydrogen-bond donors (Lipinski definition) is 2. The van der Waals surface area contributed by atoms with Crippen molar-refractivity contribution in [2.24, 2.45) is 5.92 Å². The van der Waals surface area contributed by atoms with Crippen LogP contribution in [-0.4, -0.2) is 40.1 Å². The monoisotopic (exact) mass is 281 g/mol. The van der Waals surface area contributed by atoms with Gasteiger partial charge in [0.15, 0.2) is 0 Å². The molecule has 6 heteroatoms. The maximum absolute atomic E-state index is 13.0. The van der Waals surface area contributed by atoms with Crippen LogP contribution in [0.4, 0.5) is 4.39 Å². The first-order chi connectivity index (χ1) is 9.47. The lowest BCUT2D eigenvalue weighted by atomic mass is 10.1. The predicted molar refractivity (Wildman–Crippen MR) is 68.3 cm³/mol. The second-order valence-electron chi connectivity index (χ2n) is 4.94. The van der Waals surface area contributed by atoms with E-state index in [1.807, 2.05) is 0 Å². The summed E-state index contributed by atoms with van der Waals surface area (Å²) < 4.78 is 13.0. The van der Waals surface area contributed by atoms with Gasteiger partial charge in [0.2, 0.25) is 5.91 Å². The molecule has 0 saturated carbocycles. The Morgan fingerprint density at radius 3 is 2.80 bits per heavy atom. The van der Waals surface area contributed by atoms with E-state index in [4.69, 9.17) is 5.11 Å². The van der Waals surface area contributed by atoms with E-state index in [2.05, 4.69) is 0 Å². The number of likely N-dealkylation sites (tertiary alicyclic amines) is 1. The zero-order valence-electron chi connectivity index (χ0n) is 10.8. The Hall–Kier alpha value is -1.95. The fourth-order valence-corrected chi connectivity index (χ4v) is 2.31. The summed E-state index contributed by atoms with van der Waals surface area (Å²) in [4.78, 5) is 24.2. The van der Waals surface area contributed by atoms with Crippen molar-refractivity contribution < 1.29 is 24.2 Å². The van der Waals surface area contributed by atoms with Gasteiger partial charge in [-0.15, -0.1) is 0 Å². The van der Waals surface area contributed by atoms with Crippen LogP contribution in [0.3, 0.4) is 0 Å². The molecule has 2 unspecified atom stereocenters. The van der Waals surface area contributed by atoms with Crippen LogP contribution in [0, 0.1) is 11.7 Å². The molecule has 1 amide bonds. The predicted octanol–water partition coefficient (Wildman–Crippen LogP) is 1.18. The molecule has 1 aliphatic heterocycles. The minimum absolute atomic E-state index is 0.171. The molecule has 1 saturated heterocycles. The number of benzene rings is 1. The molecule has 0 aromatic heterocycles. The summed E-state index contributed by atoms with van der Waals surface area (Å²) in [6.45, 7) is 0.551. The second kappa shape index (κ2) is 6.00. The number of carboxylic acids is 1. The van der Waals surface area contributed by atoms with Gasteiger partial charge in [0.1, 0.15) is 5.82 Å². The van der Waals surface area contributed by atoms with Gasteiger partial charge in [-0.2, -0.15) is 0 Å². The SMILES string of the molecule is O=C(O)C1CCN(C(=O)CC(O)c2cccc(F)c2)C1.